The van der Waals surface area contributed by atoms with Gasteiger partial charge in [-0.15, -0.1) is 0 Å². The van der Waals surface area contributed by atoms with Gasteiger partial charge in [-0.25, -0.2) is 4.79 Å². The second kappa shape index (κ2) is 37.6. The third-order valence-electron chi connectivity index (χ3n) is 12.3. The fourth-order valence-electron chi connectivity index (χ4n) is 8.02. The van der Waals surface area contributed by atoms with E-state index in [1.54, 1.807) is 11.8 Å². The Morgan fingerprint density at radius 2 is 0.855 bits per heavy atom. The Morgan fingerprint density at radius 3 is 1.35 bits per heavy atom. The molecule has 3 atom stereocenters. The highest BCUT2D eigenvalue weighted by Crippen LogP contribution is 2.33. The van der Waals surface area contributed by atoms with Gasteiger partial charge in [-0.2, -0.15) is 11.8 Å². The molecule has 0 radical (unpaired) electrons. The van der Waals surface area contributed by atoms with E-state index < -0.39 is 198 Å². The molecule has 0 saturated carbocycles. The highest BCUT2D eigenvalue weighted by Gasteiger charge is 2.42. The molecule has 12 N–H and O–H groups in total. The first-order valence-electron chi connectivity index (χ1n) is 26.2. The molecule has 0 aromatic carbocycles. The molecule has 2 saturated heterocycles. The highest BCUT2D eigenvalue weighted by molar-refractivity contribution is 8.00. The number of rotatable bonds is 44. The van der Waals surface area contributed by atoms with Gasteiger partial charge in [-0.1, -0.05) is 6.42 Å². The fourth-order valence-corrected chi connectivity index (χ4v) is 9.57. The second-order valence-corrected chi connectivity index (χ2v) is 20.4. The number of hydrogen-bond acceptors (Lipinski definition) is 20. The summed E-state index contributed by atoms with van der Waals surface area (Å²) in [5.41, 5.74) is 5.19. The Labute approximate surface area is 478 Å². The maximum Gasteiger partial charge on any atom is 0.323 e. The first kappa shape index (κ1) is 70.7. The maximum atomic E-state index is 12.9. The Hall–Kier alpha value is -8.43. The molecule has 2 heterocycles. The lowest BCUT2D eigenvalue weighted by molar-refractivity contribution is -0.146. The summed E-state index contributed by atoms with van der Waals surface area (Å²) in [6, 6.07) is -0.0542. The van der Waals surface area contributed by atoms with Crippen LogP contribution in [0.4, 0.5) is 4.79 Å². The van der Waals surface area contributed by atoms with Crippen LogP contribution < -0.4 is 37.6 Å². The molecule has 0 aromatic heterocycles. The van der Waals surface area contributed by atoms with Crippen molar-refractivity contribution in [2.75, 3.05) is 90.8 Å². The molecule has 83 heavy (non-hydrogen) atoms. The van der Waals surface area contributed by atoms with Crippen LogP contribution in [0.15, 0.2) is 0 Å². The predicted octanol–water partition coefficient (Wildman–Crippen LogP) is -5.47. The van der Waals surface area contributed by atoms with Crippen molar-refractivity contribution in [3.05, 3.63) is 0 Å². The topological polar surface area (TPSA) is 499 Å². The number of Topliss-reactive ketones (excluding diaryl/α,β-unsaturated/α-hetero) is 5. The van der Waals surface area contributed by atoms with E-state index >= 15 is 0 Å². The van der Waals surface area contributed by atoms with Gasteiger partial charge in [0.25, 0.3) is 0 Å². The Morgan fingerprint density at radius 1 is 0.434 bits per heavy atom. The SMILES string of the molecule is NCC(=O)CCC(=O)N(CC(=O)O)CC(=O)CCC(=O)NCC(=O)N(CC(=O)O)CC(=O)NCCCC(=O)CN(CC(=O)O)C(=O)CCC(=O)CNC(=O)CN(CC(=O)O)C(=O)CNC(=O)CCC(=O)CCCC[C@H]1SC[C@H]2NC(=O)N[C@H]21. The van der Waals surface area contributed by atoms with E-state index in [0.717, 1.165) is 18.6 Å². The minimum atomic E-state index is -1.54. The van der Waals surface area contributed by atoms with Crippen molar-refractivity contribution in [1.29, 1.82) is 0 Å². The summed E-state index contributed by atoms with van der Waals surface area (Å²) in [5, 5.41) is 52.0. The van der Waals surface area contributed by atoms with E-state index in [1.165, 1.54) is 0 Å². The van der Waals surface area contributed by atoms with Crippen molar-refractivity contribution in [1.82, 2.24) is 51.5 Å². The van der Waals surface area contributed by atoms with Crippen LogP contribution in [0.25, 0.3) is 0 Å². The largest absolute Gasteiger partial charge is 0.480 e. The van der Waals surface area contributed by atoms with Crippen molar-refractivity contribution in [2.45, 2.75) is 107 Å². The van der Waals surface area contributed by atoms with Crippen LogP contribution in [-0.2, 0) is 81.5 Å². The molecule has 0 unspecified atom stereocenters. The molecule has 2 fully saturated rings. The number of nitrogens with one attached hydrogen (secondary N) is 6. The number of nitrogens with two attached hydrogens (primary N) is 1. The van der Waals surface area contributed by atoms with Crippen molar-refractivity contribution in [3.63, 3.8) is 0 Å². The summed E-state index contributed by atoms with van der Waals surface area (Å²) in [5.74, 6) is -15.2. The van der Waals surface area contributed by atoms with Crippen molar-refractivity contribution in [2.24, 2.45) is 5.73 Å². The van der Waals surface area contributed by atoms with E-state index in [9.17, 15) is 102 Å². The van der Waals surface area contributed by atoms with Gasteiger partial charge in [0.15, 0.2) is 17.3 Å². The van der Waals surface area contributed by atoms with Gasteiger partial charge < -0.3 is 77.7 Å². The summed E-state index contributed by atoms with van der Waals surface area (Å²) in [7, 11) is 0. The van der Waals surface area contributed by atoms with Crippen LogP contribution >= 0.6 is 11.8 Å². The number of fused-ring (bicyclic) bond motifs is 1. The average Bonchev–Trinajstić information content (AvgIpc) is 4.17. The summed E-state index contributed by atoms with van der Waals surface area (Å²) in [6.45, 7) is -9.71. The Kier molecular flexibility index (Phi) is 32.0. The molecule has 0 aromatic rings. The lowest BCUT2D eigenvalue weighted by Crippen LogP contribution is -2.47. The summed E-state index contributed by atoms with van der Waals surface area (Å²) in [6.07, 6.45) is -1.31. The number of hydrogen-bond donors (Lipinski definition) is 11. The summed E-state index contributed by atoms with van der Waals surface area (Å²) >= 11 is 1.75. The van der Waals surface area contributed by atoms with Crippen LogP contribution in [0.5, 0.6) is 0 Å². The van der Waals surface area contributed by atoms with Crippen LogP contribution in [0.2, 0.25) is 0 Å². The van der Waals surface area contributed by atoms with Crippen LogP contribution in [0, 0.1) is 0 Å². The predicted molar refractivity (Wildman–Crippen MR) is 283 cm³/mol. The van der Waals surface area contributed by atoms with Crippen molar-refractivity contribution < 1.29 is 107 Å². The average molecular weight is 1200 g/mol. The highest BCUT2D eigenvalue weighted by atomic mass is 32.2. The van der Waals surface area contributed by atoms with E-state index in [1.807, 2.05) is 0 Å². The van der Waals surface area contributed by atoms with Crippen molar-refractivity contribution >= 4 is 118 Å². The van der Waals surface area contributed by atoms with Gasteiger partial charge in [0.2, 0.25) is 47.3 Å². The summed E-state index contributed by atoms with van der Waals surface area (Å²) in [4.78, 5) is 222. The molecule has 0 bridgehead atoms. The minimum Gasteiger partial charge on any atom is -0.480 e. The molecule has 2 aliphatic rings. The van der Waals surface area contributed by atoms with Gasteiger partial charge in [0, 0.05) is 81.8 Å². The first-order chi connectivity index (χ1) is 39.1. The van der Waals surface area contributed by atoms with Gasteiger partial charge in [0.05, 0.1) is 51.4 Å². The van der Waals surface area contributed by atoms with Crippen LogP contribution in [0.3, 0.4) is 0 Å². The zero-order chi connectivity index (χ0) is 62.2. The number of carbonyl (C=O) groups excluding carboxylic acids is 14. The molecule has 460 valence electrons. The lowest BCUT2D eigenvalue weighted by atomic mass is 10.0. The molecule has 34 heteroatoms. The molecular formula is C49H71N11O22S. The fraction of sp³-hybridized carbons (Fsp3) is 0.633. The Balaban J connectivity index is 1.73. The molecule has 0 aliphatic carbocycles. The number of urea groups is 1. The number of ketones is 5. The van der Waals surface area contributed by atoms with Gasteiger partial charge >= 0.3 is 29.9 Å². The number of carboxylic acids is 4. The number of unbranched alkanes of at least 4 members (excludes halogenated alkanes) is 1. The van der Waals surface area contributed by atoms with E-state index in [-0.39, 0.29) is 80.8 Å². The molecule has 10 amide bonds. The van der Waals surface area contributed by atoms with Crippen LogP contribution in [0.1, 0.15) is 89.9 Å². The smallest absolute Gasteiger partial charge is 0.323 e. The third kappa shape index (κ3) is 30.3. The number of thioether (sulfide) groups is 1. The van der Waals surface area contributed by atoms with E-state index in [2.05, 4.69) is 31.9 Å². The number of carbonyl (C=O) groups is 18. The minimum absolute atomic E-state index is 0.0470. The second-order valence-electron chi connectivity index (χ2n) is 19.1. The number of aliphatic carboxylic acids is 4. The number of nitrogens with zero attached hydrogens (tertiary/aromatic N) is 4. The molecule has 2 rings (SSSR count). The zero-order valence-electron chi connectivity index (χ0n) is 45.4. The van der Waals surface area contributed by atoms with E-state index in [0.29, 0.717) is 26.0 Å². The normalized spacial score (nSPS) is 14.7. The third-order valence-corrected chi connectivity index (χ3v) is 13.8. The molecule has 2 aliphatic heterocycles. The van der Waals surface area contributed by atoms with Gasteiger partial charge in [0.1, 0.15) is 50.8 Å². The molecule has 0 spiro atoms. The monoisotopic (exact) mass is 1200 g/mol. The van der Waals surface area contributed by atoms with Gasteiger partial charge in [-0.3, -0.25) is 81.5 Å². The lowest BCUT2D eigenvalue weighted by Gasteiger charge is -2.21. The summed E-state index contributed by atoms with van der Waals surface area (Å²) < 4.78 is 0. The first-order valence-corrected chi connectivity index (χ1v) is 27.2. The number of amides is 10. The number of carboxylic acid groups (broad SMARTS) is 4. The van der Waals surface area contributed by atoms with Gasteiger partial charge in [-0.05, 0) is 19.3 Å². The standard InChI is InChI=1S/C49H71N11O22S/c50-16-30(62)9-13-40(70)58(25-45(76)77)21-33(65)8-12-37(67)54-18-42(72)59(26-46(78)79)22-38(68)51-15-3-5-32(64)20-57(24-44(74)75)41(71)14-10-31(63)17-52-39(69)23-60(27-47(80)81)43(73)19-53-36(66)11-7-29(61)4-1-2-6-35-48-34(28-83-35)55-49(82)56-48/h34-35,48H,1-28,50H2,(H,51,68)(H,52,69)(H,53,66)(H,54,67)(H,74,75)(H,76,77)(H,78,79)(H,80,81)(H2,55,56,82)/t34-,35-,48-/m1/s1. The maximum absolute atomic E-state index is 12.9. The van der Waals surface area contributed by atoms with Crippen molar-refractivity contribution in [3.8, 4) is 0 Å². The van der Waals surface area contributed by atoms with E-state index in [4.69, 9.17) is 10.8 Å². The molecule has 33 nitrogen and oxygen atoms in total. The Bertz CT molecular complexity index is 2460. The quantitative estimate of drug-likeness (QED) is 0.0200. The van der Waals surface area contributed by atoms with Crippen LogP contribution in [-0.4, -0.2) is 254 Å². The molecular weight excluding hydrogens is 1130 g/mol. The zero-order valence-corrected chi connectivity index (χ0v) is 46.3.